The van der Waals surface area contributed by atoms with Gasteiger partial charge in [0.25, 0.3) is 5.91 Å². The second-order valence-electron chi connectivity index (χ2n) is 6.55. The van der Waals surface area contributed by atoms with Gasteiger partial charge in [0.05, 0.1) is 13.2 Å². The van der Waals surface area contributed by atoms with E-state index >= 15 is 0 Å². The molecule has 4 nitrogen and oxygen atoms in total. The first-order valence-electron chi connectivity index (χ1n) is 10.00. The second-order valence-corrected chi connectivity index (χ2v) is 6.55. The van der Waals surface area contributed by atoms with Gasteiger partial charge in [0.2, 0.25) is 0 Å². The van der Waals surface area contributed by atoms with E-state index in [1.54, 1.807) is 12.1 Å². The quantitative estimate of drug-likeness (QED) is 0.461. The number of rotatable bonds is 12. The molecule has 0 saturated heterocycles. The van der Waals surface area contributed by atoms with Crippen LogP contribution in [0.5, 0.6) is 11.5 Å². The standard InChI is InChI=1S/C23H31NO3/c1-3-5-6-7-8-9-18-27-22-14-10-19(11-15-22)23(25)24-20-12-16-21(17-13-20)26-4-2/h10-17H,3-9,18H2,1-2H3,(H,24,25). The number of anilines is 1. The molecule has 2 rings (SSSR count). The molecule has 2 aromatic rings. The van der Waals surface area contributed by atoms with Gasteiger partial charge in [-0.25, -0.2) is 0 Å². The monoisotopic (exact) mass is 369 g/mol. The van der Waals surface area contributed by atoms with Crippen molar-refractivity contribution in [1.29, 1.82) is 0 Å². The van der Waals surface area contributed by atoms with Crippen molar-refractivity contribution >= 4 is 11.6 Å². The molecule has 0 aliphatic heterocycles. The number of carbonyl (C=O) groups excluding carboxylic acids is 1. The van der Waals surface area contributed by atoms with Gasteiger partial charge < -0.3 is 14.8 Å². The number of nitrogens with one attached hydrogen (secondary N) is 1. The molecule has 2 aromatic carbocycles. The van der Waals surface area contributed by atoms with Gasteiger partial charge in [0, 0.05) is 11.3 Å². The van der Waals surface area contributed by atoms with E-state index in [0.717, 1.165) is 30.2 Å². The minimum absolute atomic E-state index is 0.137. The molecule has 0 radical (unpaired) electrons. The maximum absolute atomic E-state index is 12.3. The van der Waals surface area contributed by atoms with Crippen LogP contribution in [0, 0.1) is 0 Å². The first-order valence-corrected chi connectivity index (χ1v) is 10.00. The molecule has 0 aromatic heterocycles. The topological polar surface area (TPSA) is 47.6 Å². The van der Waals surface area contributed by atoms with E-state index in [-0.39, 0.29) is 5.91 Å². The first kappa shape index (κ1) is 20.8. The molecule has 0 heterocycles. The van der Waals surface area contributed by atoms with E-state index in [2.05, 4.69) is 12.2 Å². The van der Waals surface area contributed by atoms with E-state index in [1.807, 2.05) is 43.3 Å². The van der Waals surface area contributed by atoms with Crippen LogP contribution in [0.1, 0.15) is 62.7 Å². The molecular weight excluding hydrogens is 338 g/mol. The number of hydrogen-bond donors (Lipinski definition) is 1. The summed E-state index contributed by atoms with van der Waals surface area (Å²) in [6.07, 6.45) is 7.47. The molecule has 0 aliphatic carbocycles. The highest BCUT2D eigenvalue weighted by atomic mass is 16.5. The molecule has 0 fully saturated rings. The molecule has 1 amide bonds. The number of unbranched alkanes of at least 4 members (excludes halogenated alkanes) is 5. The summed E-state index contributed by atoms with van der Waals surface area (Å²) in [5.41, 5.74) is 1.35. The van der Waals surface area contributed by atoms with Crippen LogP contribution in [0.3, 0.4) is 0 Å². The largest absolute Gasteiger partial charge is 0.494 e. The molecule has 0 aliphatic rings. The lowest BCUT2D eigenvalue weighted by atomic mass is 10.1. The zero-order valence-corrected chi connectivity index (χ0v) is 16.5. The SMILES string of the molecule is CCCCCCCCOc1ccc(C(=O)Nc2ccc(OCC)cc2)cc1. The smallest absolute Gasteiger partial charge is 0.255 e. The van der Waals surface area contributed by atoms with Crippen LogP contribution in [0.25, 0.3) is 0 Å². The lowest BCUT2D eigenvalue weighted by Crippen LogP contribution is -2.11. The Hall–Kier alpha value is -2.49. The van der Waals surface area contributed by atoms with E-state index in [9.17, 15) is 4.79 Å². The average Bonchev–Trinajstić information content (AvgIpc) is 2.69. The fourth-order valence-corrected chi connectivity index (χ4v) is 2.78. The molecule has 0 spiro atoms. The maximum atomic E-state index is 12.3. The third kappa shape index (κ3) is 7.73. The Bertz CT molecular complexity index is 665. The summed E-state index contributed by atoms with van der Waals surface area (Å²) in [4.78, 5) is 12.3. The van der Waals surface area contributed by atoms with Crippen LogP contribution in [0.15, 0.2) is 48.5 Å². The van der Waals surface area contributed by atoms with Crippen molar-refractivity contribution in [3.8, 4) is 11.5 Å². The second kappa shape index (κ2) is 12.0. The van der Waals surface area contributed by atoms with Crippen molar-refractivity contribution < 1.29 is 14.3 Å². The van der Waals surface area contributed by atoms with Crippen LogP contribution >= 0.6 is 0 Å². The summed E-state index contributed by atoms with van der Waals surface area (Å²) in [5, 5.41) is 2.89. The summed E-state index contributed by atoms with van der Waals surface area (Å²) in [7, 11) is 0. The van der Waals surface area contributed by atoms with Crippen LogP contribution < -0.4 is 14.8 Å². The Morgan fingerprint density at radius 2 is 1.37 bits per heavy atom. The Morgan fingerprint density at radius 3 is 2.04 bits per heavy atom. The Morgan fingerprint density at radius 1 is 0.778 bits per heavy atom. The van der Waals surface area contributed by atoms with Gasteiger partial charge in [-0.2, -0.15) is 0 Å². The molecule has 0 saturated carbocycles. The zero-order valence-electron chi connectivity index (χ0n) is 16.5. The van der Waals surface area contributed by atoms with Crippen LogP contribution in [-0.4, -0.2) is 19.1 Å². The Balaban J connectivity index is 1.74. The Kier molecular flexibility index (Phi) is 9.25. The molecule has 1 N–H and O–H groups in total. The van der Waals surface area contributed by atoms with Crippen molar-refractivity contribution in [2.75, 3.05) is 18.5 Å². The molecule has 0 unspecified atom stereocenters. The van der Waals surface area contributed by atoms with Gasteiger partial charge >= 0.3 is 0 Å². The highest BCUT2D eigenvalue weighted by Gasteiger charge is 2.06. The predicted octanol–water partition coefficient (Wildman–Crippen LogP) is 6.08. The van der Waals surface area contributed by atoms with E-state index in [0.29, 0.717) is 12.2 Å². The lowest BCUT2D eigenvalue weighted by Gasteiger charge is -2.09. The summed E-state index contributed by atoms with van der Waals surface area (Å²) < 4.78 is 11.2. The fourth-order valence-electron chi connectivity index (χ4n) is 2.78. The lowest BCUT2D eigenvalue weighted by molar-refractivity contribution is 0.102. The number of ether oxygens (including phenoxy) is 2. The number of benzene rings is 2. The molecule has 27 heavy (non-hydrogen) atoms. The summed E-state index contributed by atoms with van der Waals surface area (Å²) >= 11 is 0. The maximum Gasteiger partial charge on any atom is 0.255 e. The van der Waals surface area contributed by atoms with Crippen molar-refractivity contribution in [2.24, 2.45) is 0 Å². The van der Waals surface area contributed by atoms with Gasteiger partial charge in [0.15, 0.2) is 0 Å². The van der Waals surface area contributed by atoms with E-state index in [4.69, 9.17) is 9.47 Å². The minimum Gasteiger partial charge on any atom is -0.494 e. The van der Waals surface area contributed by atoms with Crippen LogP contribution in [-0.2, 0) is 0 Å². The molecule has 0 bridgehead atoms. The molecule has 4 heteroatoms. The van der Waals surface area contributed by atoms with E-state index < -0.39 is 0 Å². The van der Waals surface area contributed by atoms with Gasteiger partial charge in [-0.3, -0.25) is 4.79 Å². The number of amides is 1. The van der Waals surface area contributed by atoms with Crippen molar-refractivity contribution in [1.82, 2.24) is 0 Å². The molecule has 146 valence electrons. The van der Waals surface area contributed by atoms with E-state index in [1.165, 1.54) is 32.1 Å². The van der Waals surface area contributed by atoms with Crippen LogP contribution in [0.2, 0.25) is 0 Å². The fraction of sp³-hybridized carbons (Fsp3) is 0.435. The zero-order chi connectivity index (χ0) is 19.3. The van der Waals surface area contributed by atoms with Crippen molar-refractivity contribution in [3.05, 3.63) is 54.1 Å². The summed E-state index contributed by atoms with van der Waals surface area (Å²) in [6.45, 7) is 5.52. The minimum atomic E-state index is -0.137. The number of hydrogen-bond acceptors (Lipinski definition) is 3. The predicted molar refractivity (Wildman–Crippen MR) is 111 cm³/mol. The number of carbonyl (C=O) groups is 1. The Labute approximate surface area is 162 Å². The summed E-state index contributed by atoms with van der Waals surface area (Å²) in [5.74, 6) is 1.46. The highest BCUT2D eigenvalue weighted by Crippen LogP contribution is 2.18. The highest BCUT2D eigenvalue weighted by molar-refractivity contribution is 6.04. The molecule has 0 atom stereocenters. The first-order chi connectivity index (χ1) is 13.2. The summed E-state index contributed by atoms with van der Waals surface area (Å²) in [6, 6.07) is 14.6. The van der Waals surface area contributed by atoms with Gasteiger partial charge in [-0.15, -0.1) is 0 Å². The average molecular weight is 370 g/mol. The normalized spacial score (nSPS) is 10.4. The van der Waals surface area contributed by atoms with Crippen molar-refractivity contribution in [3.63, 3.8) is 0 Å². The van der Waals surface area contributed by atoms with Crippen LogP contribution in [0.4, 0.5) is 5.69 Å². The van der Waals surface area contributed by atoms with Gasteiger partial charge in [-0.05, 0) is 61.9 Å². The van der Waals surface area contributed by atoms with Gasteiger partial charge in [-0.1, -0.05) is 39.0 Å². The third-order valence-electron chi connectivity index (χ3n) is 4.31. The van der Waals surface area contributed by atoms with Crippen molar-refractivity contribution in [2.45, 2.75) is 52.4 Å². The third-order valence-corrected chi connectivity index (χ3v) is 4.31. The molecular formula is C23H31NO3. The van der Waals surface area contributed by atoms with Gasteiger partial charge in [0.1, 0.15) is 11.5 Å².